The number of carbonyl (C=O) groups excluding carboxylic acids is 2. The summed E-state index contributed by atoms with van der Waals surface area (Å²) in [5, 5.41) is 2.92. The van der Waals surface area contributed by atoms with E-state index in [0.717, 1.165) is 5.56 Å². The van der Waals surface area contributed by atoms with Gasteiger partial charge in [0, 0.05) is 11.7 Å². The van der Waals surface area contributed by atoms with Crippen molar-refractivity contribution in [3.63, 3.8) is 0 Å². The molecule has 7 heteroatoms. The molecule has 0 aliphatic carbocycles. The molecule has 125 valence electrons. The number of benzene rings is 1. The Morgan fingerprint density at radius 2 is 2.13 bits per heavy atom. The Labute approximate surface area is 138 Å². The molecule has 6 nitrogen and oxygen atoms in total. The molecule has 1 aromatic rings. The predicted octanol–water partition coefficient (Wildman–Crippen LogP) is 1.32. The fourth-order valence-electron chi connectivity index (χ4n) is 2.17. The molecule has 3 N–H and O–H groups in total. The van der Waals surface area contributed by atoms with E-state index >= 15 is 0 Å². The summed E-state index contributed by atoms with van der Waals surface area (Å²) < 4.78 is 10.6. The average molecular weight is 319 g/mol. The van der Waals surface area contributed by atoms with Gasteiger partial charge in [0.1, 0.15) is 11.4 Å². The molecule has 0 unspecified atom stereocenters. The van der Waals surface area contributed by atoms with Gasteiger partial charge in [0.15, 0.2) is 0 Å². The second-order valence-electron chi connectivity index (χ2n) is 6.23. The third-order valence-corrected chi connectivity index (χ3v) is 3.00. The highest BCUT2D eigenvalue weighted by atomic mass is 16.6. The number of hydrogen-bond donors (Lipinski definition) is 2. The van der Waals surface area contributed by atoms with Gasteiger partial charge in [-0.15, -0.1) is 0 Å². The van der Waals surface area contributed by atoms with Crippen molar-refractivity contribution in [3.8, 4) is 5.75 Å². The Balaban J connectivity index is 2.84. The molecule has 0 aromatic heterocycles. The molecule has 1 atom stereocenters. The Hall–Kier alpha value is -2.02. The summed E-state index contributed by atoms with van der Waals surface area (Å²) in [5.41, 5.74) is 6.72. The van der Waals surface area contributed by atoms with Crippen LogP contribution in [0.25, 0.3) is 0 Å². The van der Waals surface area contributed by atoms with E-state index in [1.54, 1.807) is 25.3 Å². The number of nitrogen functional groups attached to an aromatic ring is 1. The Kier molecular flexibility index (Phi) is 7.09. The van der Waals surface area contributed by atoms with Crippen LogP contribution in [0.2, 0.25) is 0 Å². The van der Waals surface area contributed by atoms with E-state index in [4.69, 9.17) is 15.2 Å². The third-order valence-electron chi connectivity index (χ3n) is 3.00. The summed E-state index contributed by atoms with van der Waals surface area (Å²) in [5.74, 6) is 0.346. The summed E-state index contributed by atoms with van der Waals surface area (Å²) in [6, 6.07) is 5.02. The van der Waals surface area contributed by atoms with Gasteiger partial charge in [0.05, 0.1) is 19.7 Å². The number of ether oxygens (including phenoxy) is 2. The largest absolute Gasteiger partial charge is 0.496 e. The zero-order chi connectivity index (χ0) is 17.5. The number of methoxy groups -OCH3 is 1. The summed E-state index contributed by atoms with van der Waals surface area (Å²) in [4.78, 5) is 22.6. The van der Waals surface area contributed by atoms with Gasteiger partial charge >= 0.3 is 5.97 Å². The zero-order valence-corrected chi connectivity index (χ0v) is 14.1. The summed E-state index contributed by atoms with van der Waals surface area (Å²) >= 11 is 0. The van der Waals surface area contributed by atoms with E-state index in [9.17, 15) is 9.59 Å². The molecule has 0 bridgehead atoms. The van der Waals surface area contributed by atoms with Gasteiger partial charge in [0.2, 0.25) is 0 Å². The van der Waals surface area contributed by atoms with Crippen LogP contribution >= 0.6 is 0 Å². The smallest absolute Gasteiger partial charge is 0.307 e. The number of nitrogens with one attached hydrogen (secondary N) is 1. The maximum absolute atomic E-state index is 12.0. The third kappa shape index (κ3) is 7.19. The molecule has 0 aliphatic rings. The Bertz CT molecular complexity index is 543. The van der Waals surface area contributed by atoms with Crippen LogP contribution in [0.5, 0.6) is 5.75 Å². The maximum atomic E-state index is 12.0. The fraction of sp³-hybridized carbons (Fsp3) is 0.500. The number of esters is 1. The first-order valence-electron chi connectivity index (χ1n) is 7.42. The van der Waals surface area contributed by atoms with Crippen LogP contribution in [-0.2, 0) is 20.7 Å². The molecular formula is C16H24BN2O4. The van der Waals surface area contributed by atoms with E-state index in [1.165, 1.54) is 7.41 Å². The van der Waals surface area contributed by atoms with Crippen LogP contribution in [0.1, 0.15) is 32.8 Å². The van der Waals surface area contributed by atoms with Gasteiger partial charge in [0.25, 0.3) is 7.41 Å². The molecule has 0 saturated heterocycles. The predicted molar refractivity (Wildman–Crippen MR) is 91.0 cm³/mol. The number of hydrogen-bond acceptors (Lipinski definition) is 6. The lowest BCUT2D eigenvalue weighted by Gasteiger charge is -2.23. The second-order valence-corrected chi connectivity index (χ2v) is 6.23. The molecular weight excluding hydrogens is 295 g/mol. The topological polar surface area (TPSA) is 90.7 Å². The van der Waals surface area contributed by atoms with Crippen molar-refractivity contribution in [2.24, 2.45) is 0 Å². The van der Waals surface area contributed by atoms with Crippen molar-refractivity contribution in [1.82, 2.24) is 5.23 Å². The minimum absolute atomic E-state index is 0.125. The zero-order valence-electron chi connectivity index (χ0n) is 14.1. The number of nitrogens with two attached hydrogens (primary N) is 1. The molecule has 23 heavy (non-hydrogen) atoms. The molecule has 0 amide bonds. The SMILES string of the molecule is COc1ccc(N)cc1C[C@@H](CC(=O)OC(C)(C)C)N[B]C=O. The van der Waals surface area contributed by atoms with Crippen molar-refractivity contribution in [2.45, 2.75) is 45.3 Å². The second kappa shape index (κ2) is 8.57. The Morgan fingerprint density at radius 3 is 2.70 bits per heavy atom. The monoisotopic (exact) mass is 319 g/mol. The molecule has 1 rings (SSSR count). The van der Waals surface area contributed by atoms with Crippen LogP contribution in [0.3, 0.4) is 0 Å². The van der Waals surface area contributed by atoms with Crippen LogP contribution in [0.4, 0.5) is 5.69 Å². The van der Waals surface area contributed by atoms with Crippen LogP contribution in [-0.4, -0.2) is 38.3 Å². The number of carbonyl (C=O) groups is 2. The molecule has 0 fully saturated rings. The van der Waals surface area contributed by atoms with Gasteiger partial charge in [-0.2, -0.15) is 0 Å². The quantitative estimate of drug-likeness (QED) is 0.325. The lowest BCUT2D eigenvalue weighted by molar-refractivity contribution is -0.155. The lowest BCUT2D eigenvalue weighted by Crippen LogP contribution is -2.38. The van der Waals surface area contributed by atoms with E-state index in [1.807, 2.05) is 20.8 Å². The fourth-order valence-corrected chi connectivity index (χ4v) is 2.17. The first kappa shape index (κ1) is 19.0. The molecule has 0 heterocycles. The van der Waals surface area contributed by atoms with Crippen LogP contribution in [0.15, 0.2) is 18.2 Å². The number of anilines is 1. The molecule has 1 radical (unpaired) electrons. The van der Waals surface area contributed by atoms with E-state index in [0.29, 0.717) is 24.0 Å². The summed E-state index contributed by atoms with van der Waals surface area (Å²) in [6.45, 7) is 5.43. The maximum Gasteiger partial charge on any atom is 0.307 e. The molecule has 0 saturated carbocycles. The lowest BCUT2D eigenvalue weighted by atomic mass is 9.92. The summed E-state index contributed by atoms with van der Waals surface area (Å²) in [7, 11) is 2.84. The van der Waals surface area contributed by atoms with E-state index in [-0.39, 0.29) is 18.4 Å². The van der Waals surface area contributed by atoms with E-state index in [2.05, 4.69) is 5.23 Å². The van der Waals surface area contributed by atoms with Gasteiger partial charge in [-0.3, -0.25) is 4.79 Å². The highest BCUT2D eigenvalue weighted by Gasteiger charge is 2.21. The first-order chi connectivity index (χ1) is 10.7. The summed E-state index contributed by atoms with van der Waals surface area (Å²) in [6.07, 6.45) is 1.23. The standard InChI is InChI=1S/C16H24BN2O4/c1-16(2,3)23-15(21)9-13(19-17-10-20)8-11-7-12(18)5-6-14(11)22-4/h5-7,10,13,19H,8-9,18H2,1-4H3/t13-/m0/s1. The number of rotatable bonds is 8. The van der Waals surface area contributed by atoms with E-state index < -0.39 is 5.60 Å². The highest BCUT2D eigenvalue weighted by molar-refractivity contribution is 6.64. The highest BCUT2D eigenvalue weighted by Crippen LogP contribution is 2.23. The van der Waals surface area contributed by atoms with Crippen molar-refractivity contribution in [1.29, 1.82) is 0 Å². The average Bonchev–Trinajstić information content (AvgIpc) is 2.43. The van der Waals surface area contributed by atoms with Crippen LogP contribution in [0, 0.1) is 0 Å². The van der Waals surface area contributed by atoms with Gasteiger partial charge in [-0.25, -0.2) is 0 Å². The van der Waals surface area contributed by atoms with Crippen molar-refractivity contribution in [3.05, 3.63) is 23.8 Å². The van der Waals surface area contributed by atoms with Gasteiger partial charge in [-0.1, -0.05) is 0 Å². The van der Waals surface area contributed by atoms with Crippen molar-refractivity contribution < 1.29 is 19.1 Å². The molecule has 1 aromatic carbocycles. The molecule has 0 spiro atoms. The van der Waals surface area contributed by atoms with Crippen molar-refractivity contribution in [2.75, 3.05) is 12.8 Å². The molecule has 0 aliphatic heterocycles. The minimum atomic E-state index is -0.551. The normalized spacial score (nSPS) is 12.3. The minimum Gasteiger partial charge on any atom is -0.496 e. The Morgan fingerprint density at radius 1 is 1.43 bits per heavy atom. The first-order valence-corrected chi connectivity index (χ1v) is 7.42. The van der Waals surface area contributed by atoms with Crippen molar-refractivity contribution >= 4 is 25.3 Å². The van der Waals surface area contributed by atoms with Gasteiger partial charge < -0.3 is 25.2 Å². The van der Waals surface area contributed by atoms with Gasteiger partial charge in [-0.05, 0) is 51.0 Å². The van der Waals surface area contributed by atoms with Crippen LogP contribution < -0.4 is 15.7 Å².